The van der Waals surface area contributed by atoms with Gasteiger partial charge in [0.05, 0.1) is 5.69 Å². The van der Waals surface area contributed by atoms with E-state index in [2.05, 4.69) is 12.2 Å². The van der Waals surface area contributed by atoms with Gasteiger partial charge in [-0.1, -0.05) is 19.8 Å². The summed E-state index contributed by atoms with van der Waals surface area (Å²) in [6, 6.07) is 5.25. The molecule has 2 atom stereocenters. The lowest BCUT2D eigenvalue weighted by Gasteiger charge is -2.18. The second-order valence-corrected chi connectivity index (χ2v) is 5.19. The molecule has 0 aliphatic heterocycles. The Bertz CT molecular complexity index is 378. The van der Waals surface area contributed by atoms with Gasteiger partial charge in [-0.3, -0.25) is 0 Å². The van der Waals surface area contributed by atoms with Gasteiger partial charge in [0.25, 0.3) is 0 Å². The summed E-state index contributed by atoms with van der Waals surface area (Å²) in [7, 11) is 0. The predicted molar refractivity (Wildman–Crippen MR) is 70.5 cm³/mol. The van der Waals surface area contributed by atoms with E-state index >= 15 is 0 Å². The fourth-order valence-electron chi connectivity index (χ4n) is 2.50. The third-order valence-electron chi connectivity index (χ3n) is 3.61. The zero-order valence-corrected chi connectivity index (χ0v) is 10.4. The highest BCUT2D eigenvalue weighted by atomic mass is 19.1. The fraction of sp³-hybridized carbons (Fsp3) is 0.571. The minimum Gasteiger partial charge on any atom is -0.399 e. The van der Waals surface area contributed by atoms with Crippen LogP contribution in [0, 0.1) is 11.7 Å². The lowest BCUT2D eigenvalue weighted by atomic mass is 10.0. The average Bonchev–Trinajstić information content (AvgIpc) is 2.48. The van der Waals surface area contributed by atoms with Crippen LogP contribution >= 0.6 is 0 Å². The highest BCUT2D eigenvalue weighted by molar-refractivity contribution is 5.53. The van der Waals surface area contributed by atoms with Crippen LogP contribution in [-0.2, 0) is 0 Å². The molecule has 0 spiro atoms. The standard InChI is InChI=1S/C14H21FN2/c1-10-3-2-4-12(7-5-10)17-14-8-6-11(16)9-13(14)15/h6,8-10,12,17H,2-5,7,16H2,1H3. The molecular weight excluding hydrogens is 215 g/mol. The maximum atomic E-state index is 13.6. The lowest BCUT2D eigenvalue weighted by molar-refractivity contribution is 0.501. The number of hydrogen-bond donors (Lipinski definition) is 2. The van der Waals surface area contributed by atoms with Gasteiger partial charge in [-0.25, -0.2) is 4.39 Å². The van der Waals surface area contributed by atoms with E-state index in [9.17, 15) is 4.39 Å². The number of hydrogen-bond acceptors (Lipinski definition) is 2. The molecule has 94 valence electrons. The van der Waals surface area contributed by atoms with Crippen molar-refractivity contribution in [2.24, 2.45) is 5.92 Å². The normalized spacial score (nSPS) is 25.3. The molecule has 2 nitrogen and oxygen atoms in total. The Kier molecular flexibility index (Phi) is 3.87. The van der Waals surface area contributed by atoms with Crippen molar-refractivity contribution in [1.82, 2.24) is 0 Å². The molecule has 17 heavy (non-hydrogen) atoms. The number of halogens is 1. The molecule has 0 saturated heterocycles. The molecule has 3 heteroatoms. The SMILES string of the molecule is CC1CCCC(Nc2ccc(N)cc2F)CC1. The largest absolute Gasteiger partial charge is 0.399 e. The smallest absolute Gasteiger partial charge is 0.148 e. The Morgan fingerprint density at radius 2 is 2.06 bits per heavy atom. The molecule has 0 aromatic heterocycles. The molecule has 1 aliphatic rings. The minimum atomic E-state index is -0.248. The fourth-order valence-corrected chi connectivity index (χ4v) is 2.50. The van der Waals surface area contributed by atoms with Crippen LogP contribution in [0.15, 0.2) is 18.2 Å². The van der Waals surface area contributed by atoms with Crippen LogP contribution < -0.4 is 11.1 Å². The number of nitrogens with two attached hydrogens (primary N) is 1. The molecule has 0 radical (unpaired) electrons. The van der Waals surface area contributed by atoms with Crippen LogP contribution in [0.5, 0.6) is 0 Å². The molecule has 0 amide bonds. The lowest BCUT2D eigenvalue weighted by Crippen LogP contribution is -2.19. The number of benzene rings is 1. The number of nitrogens with one attached hydrogen (secondary N) is 1. The van der Waals surface area contributed by atoms with Crippen LogP contribution in [-0.4, -0.2) is 6.04 Å². The second kappa shape index (κ2) is 5.39. The van der Waals surface area contributed by atoms with Gasteiger partial charge in [0.1, 0.15) is 5.82 Å². The third-order valence-corrected chi connectivity index (χ3v) is 3.61. The van der Waals surface area contributed by atoms with Crippen molar-refractivity contribution in [1.29, 1.82) is 0 Å². The molecule has 1 fully saturated rings. The summed E-state index contributed by atoms with van der Waals surface area (Å²) < 4.78 is 13.6. The van der Waals surface area contributed by atoms with Gasteiger partial charge in [-0.05, 0) is 43.4 Å². The Hall–Kier alpha value is -1.25. The zero-order valence-electron chi connectivity index (χ0n) is 10.4. The Balaban J connectivity index is 2.00. The molecule has 0 heterocycles. The number of anilines is 2. The third kappa shape index (κ3) is 3.35. The Labute approximate surface area is 102 Å². The molecule has 3 N–H and O–H groups in total. The van der Waals surface area contributed by atoms with Gasteiger partial charge in [-0.2, -0.15) is 0 Å². The van der Waals surface area contributed by atoms with E-state index in [1.807, 2.05) is 0 Å². The predicted octanol–water partition coefficient (Wildman–Crippen LogP) is 3.79. The Morgan fingerprint density at radius 1 is 1.24 bits per heavy atom. The van der Waals surface area contributed by atoms with E-state index in [4.69, 9.17) is 5.73 Å². The number of nitrogen functional groups attached to an aromatic ring is 1. The summed E-state index contributed by atoms with van der Waals surface area (Å²) in [5.74, 6) is 0.556. The summed E-state index contributed by atoms with van der Waals surface area (Å²) in [6.45, 7) is 2.30. The first-order valence-electron chi connectivity index (χ1n) is 6.46. The Morgan fingerprint density at radius 3 is 2.82 bits per heavy atom. The van der Waals surface area contributed by atoms with E-state index in [0.717, 1.165) is 18.8 Å². The van der Waals surface area contributed by atoms with Crippen LogP contribution in [0.25, 0.3) is 0 Å². The monoisotopic (exact) mass is 236 g/mol. The molecular formula is C14H21FN2. The van der Waals surface area contributed by atoms with Crippen molar-refractivity contribution in [3.8, 4) is 0 Å². The molecule has 1 saturated carbocycles. The average molecular weight is 236 g/mol. The molecule has 1 aromatic rings. The first-order chi connectivity index (χ1) is 8.15. The van der Waals surface area contributed by atoms with Crippen molar-refractivity contribution in [2.75, 3.05) is 11.1 Å². The zero-order chi connectivity index (χ0) is 12.3. The van der Waals surface area contributed by atoms with E-state index in [1.165, 1.54) is 25.3 Å². The van der Waals surface area contributed by atoms with Gasteiger partial charge in [0.2, 0.25) is 0 Å². The van der Waals surface area contributed by atoms with Crippen molar-refractivity contribution in [2.45, 2.75) is 45.1 Å². The topological polar surface area (TPSA) is 38.0 Å². The molecule has 1 aromatic carbocycles. The molecule has 2 unspecified atom stereocenters. The number of rotatable bonds is 2. The maximum absolute atomic E-state index is 13.6. The summed E-state index contributed by atoms with van der Waals surface area (Å²) in [6.07, 6.45) is 6.02. The van der Waals surface area contributed by atoms with Crippen LogP contribution in [0.1, 0.15) is 39.0 Å². The van der Waals surface area contributed by atoms with E-state index in [0.29, 0.717) is 17.4 Å². The van der Waals surface area contributed by atoms with Gasteiger partial charge < -0.3 is 11.1 Å². The van der Waals surface area contributed by atoms with Crippen molar-refractivity contribution < 1.29 is 4.39 Å². The highest BCUT2D eigenvalue weighted by Crippen LogP contribution is 2.26. The quantitative estimate of drug-likeness (QED) is 0.605. The van der Waals surface area contributed by atoms with Crippen molar-refractivity contribution in [3.05, 3.63) is 24.0 Å². The van der Waals surface area contributed by atoms with E-state index in [-0.39, 0.29) is 5.82 Å². The summed E-state index contributed by atoms with van der Waals surface area (Å²) in [5.41, 5.74) is 6.59. The summed E-state index contributed by atoms with van der Waals surface area (Å²) in [4.78, 5) is 0. The molecule has 1 aliphatic carbocycles. The van der Waals surface area contributed by atoms with Gasteiger partial charge >= 0.3 is 0 Å². The van der Waals surface area contributed by atoms with Crippen LogP contribution in [0.3, 0.4) is 0 Å². The molecule has 0 bridgehead atoms. The van der Waals surface area contributed by atoms with Gasteiger partial charge in [0, 0.05) is 11.7 Å². The van der Waals surface area contributed by atoms with E-state index < -0.39 is 0 Å². The maximum Gasteiger partial charge on any atom is 0.148 e. The first kappa shape index (κ1) is 12.2. The van der Waals surface area contributed by atoms with E-state index in [1.54, 1.807) is 12.1 Å². The summed E-state index contributed by atoms with van der Waals surface area (Å²) >= 11 is 0. The molecule has 2 rings (SSSR count). The van der Waals surface area contributed by atoms with Gasteiger partial charge in [0.15, 0.2) is 0 Å². The van der Waals surface area contributed by atoms with Gasteiger partial charge in [-0.15, -0.1) is 0 Å². The van der Waals surface area contributed by atoms with Crippen molar-refractivity contribution in [3.63, 3.8) is 0 Å². The first-order valence-corrected chi connectivity index (χ1v) is 6.46. The van der Waals surface area contributed by atoms with Crippen LogP contribution in [0.4, 0.5) is 15.8 Å². The highest BCUT2D eigenvalue weighted by Gasteiger charge is 2.16. The van der Waals surface area contributed by atoms with Crippen molar-refractivity contribution >= 4 is 11.4 Å². The summed E-state index contributed by atoms with van der Waals surface area (Å²) in [5, 5.41) is 3.31. The minimum absolute atomic E-state index is 0.248. The van der Waals surface area contributed by atoms with Crippen LogP contribution in [0.2, 0.25) is 0 Å². The second-order valence-electron chi connectivity index (χ2n) is 5.19.